The van der Waals surface area contributed by atoms with E-state index in [2.05, 4.69) is 0 Å². The van der Waals surface area contributed by atoms with Gasteiger partial charge in [0, 0.05) is 18.7 Å². The summed E-state index contributed by atoms with van der Waals surface area (Å²) in [6.45, 7) is 3.01. The first-order valence-electron chi connectivity index (χ1n) is 11.0. The van der Waals surface area contributed by atoms with Gasteiger partial charge in [0.2, 0.25) is 0 Å². The van der Waals surface area contributed by atoms with E-state index in [1.54, 1.807) is 57.4 Å². The fraction of sp³-hybridized carbons (Fsp3) is 0.440. The summed E-state index contributed by atoms with van der Waals surface area (Å²) in [6.07, 6.45) is 0.378. The molecule has 1 saturated heterocycles. The van der Waals surface area contributed by atoms with Gasteiger partial charge in [-0.1, -0.05) is 18.2 Å². The van der Waals surface area contributed by atoms with Crippen molar-refractivity contribution in [1.82, 2.24) is 4.90 Å². The molecular formula is C25H29NO7. The lowest BCUT2D eigenvalue weighted by Crippen LogP contribution is -2.39. The molecule has 2 aromatic rings. The van der Waals surface area contributed by atoms with Crippen molar-refractivity contribution >= 4 is 11.9 Å². The van der Waals surface area contributed by atoms with Gasteiger partial charge >= 0.3 is 5.97 Å². The molecule has 0 radical (unpaired) electrons. The van der Waals surface area contributed by atoms with Crippen molar-refractivity contribution in [2.24, 2.45) is 0 Å². The minimum atomic E-state index is -0.878. The number of fused-ring (bicyclic) bond motifs is 1. The fourth-order valence-corrected chi connectivity index (χ4v) is 4.46. The highest BCUT2D eigenvalue weighted by Gasteiger charge is 2.44. The topological polar surface area (TPSA) is 83.5 Å². The molecule has 0 aromatic heterocycles. The van der Waals surface area contributed by atoms with Gasteiger partial charge in [-0.05, 0) is 43.5 Å². The molecule has 2 aliphatic heterocycles. The maximum Gasteiger partial charge on any atom is 0.318 e. The van der Waals surface area contributed by atoms with Crippen molar-refractivity contribution in [3.8, 4) is 23.0 Å². The van der Waals surface area contributed by atoms with Gasteiger partial charge in [-0.2, -0.15) is 0 Å². The van der Waals surface area contributed by atoms with E-state index >= 15 is 0 Å². The summed E-state index contributed by atoms with van der Waals surface area (Å²) < 4.78 is 28.2. The zero-order chi connectivity index (χ0) is 23.5. The Bertz CT molecular complexity index is 1030. The van der Waals surface area contributed by atoms with Crippen molar-refractivity contribution < 1.29 is 33.3 Å². The summed E-state index contributed by atoms with van der Waals surface area (Å²) >= 11 is 0. The molecule has 2 heterocycles. The van der Waals surface area contributed by atoms with Gasteiger partial charge in [-0.3, -0.25) is 9.59 Å². The van der Waals surface area contributed by atoms with E-state index in [9.17, 15) is 9.59 Å². The Hall–Kier alpha value is -3.42. The van der Waals surface area contributed by atoms with Gasteiger partial charge in [-0.15, -0.1) is 0 Å². The van der Waals surface area contributed by atoms with Gasteiger partial charge in [-0.25, -0.2) is 0 Å². The van der Waals surface area contributed by atoms with E-state index in [4.69, 9.17) is 23.7 Å². The Morgan fingerprint density at radius 2 is 1.67 bits per heavy atom. The molecule has 3 atom stereocenters. The number of ether oxygens (including phenoxy) is 5. The molecule has 33 heavy (non-hydrogen) atoms. The van der Waals surface area contributed by atoms with Crippen LogP contribution in [0, 0.1) is 0 Å². The molecule has 4 rings (SSSR count). The monoisotopic (exact) mass is 455 g/mol. The van der Waals surface area contributed by atoms with E-state index in [1.165, 1.54) is 0 Å². The Balaban J connectivity index is 1.66. The number of para-hydroxylation sites is 1. The lowest BCUT2D eigenvalue weighted by Gasteiger charge is -2.24. The van der Waals surface area contributed by atoms with Gasteiger partial charge in [0.1, 0.15) is 12.0 Å². The van der Waals surface area contributed by atoms with Gasteiger partial charge < -0.3 is 28.6 Å². The summed E-state index contributed by atoms with van der Waals surface area (Å²) in [5.41, 5.74) is 1.37. The molecule has 0 saturated carbocycles. The van der Waals surface area contributed by atoms with Crippen molar-refractivity contribution in [2.75, 3.05) is 34.4 Å². The SMILES string of the molecule is COc1ccc([C@H]2Oc3c(OC)cccc3[C@@H]2C(=O)O[C@H](C)C(=O)N2CCCC2)cc1OC. The normalized spacial score (nSPS) is 19.9. The van der Waals surface area contributed by atoms with Crippen LogP contribution < -0.4 is 18.9 Å². The Kier molecular flexibility index (Phi) is 6.62. The summed E-state index contributed by atoms with van der Waals surface area (Å²) in [6, 6.07) is 10.8. The highest BCUT2D eigenvalue weighted by molar-refractivity contribution is 5.87. The third kappa shape index (κ3) is 4.29. The molecule has 0 spiro atoms. The molecule has 0 bridgehead atoms. The third-order valence-electron chi connectivity index (χ3n) is 6.16. The summed E-state index contributed by atoms with van der Waals surface area (Å²) in [5, 5.41) is 0. The van der Waals surface area contributed by atoms with Crippen LogP contribution in [0.1, 0.15) is 42.9 Å². The van der Waals surface area contributed by atoms with Crippen LogP contribution in [0.3, 0.4) is 0 Å². The minimum absolute atomic E-state index is 0.173. The minimum Gasteiger partial charge on any atom is -0.493 e. The molecule has 176 valence electrons. The maximum atomic E-state index is 13.4. The summed E-state index contributed by atoms with van der Waals surface area (Å²) in [5.74, 6) is 0.622. The number of esters is 1. The van der Waals surface area contributed by atoms with E-state index < -0.39 is 24.1 Å². The number of nitrogens with zero attached hydrogens (tertiary/aromatic N) is 1. The van der Waals surface area contributed by atoms with Gasteiger partial charge in [0.15, 0.2) is 29.1 Å². The van der Waals surface area contributed by atoms with E-state index in [-0.39, 0.29) is 5.91 Å². The smallest absolute Gasteiger partial charge is 0.318 e. The molecule has 0 N–H and O–H groups in total. The number of hydrogen-bond donors (Lipinski definition) is 0. The molecule has 2 aromatic carbocycles. The van der Waals surface area contributed by atoms with E-state index in [0.717, 1.165) is 12.8 Å². The predicted molar refractivity (Wildman–Crippen MR) is 120 cm³/mol. The number of benzene rings is 2. The molecule has 8 nitrogen and oxygen atoms in total. The quantitative estimate of drug-likeness (QED) is 0.591. The first-order chi connectivity index (χ1) is 16.0. The second-order valence-electron chi connectivity index (χ2n) is 8.12. The van der Waals surface area contributed by atoms with Crippen LogP contribution in [0.15, 0.2) is 36.4 Å². The first kappa shape index (κ1) is 22.8. The zero-order valence-electron chi connectivity index (χ0n) is 19.3. The number of carbonyl (C=O) groups is 2. The largest absolute Gasteiger partial charge is 0.493 e. The first-order valence-corrected chi connectivity index (χ1v) is 11.0. The second-order valence-corrected chi connectivity index (χ2v) is 8.12. The molecule has 1 amide bonds. The average Bonchev–Trinajstić information content (AvgIpc) is 3.51. The highest BCUT2D eigenvalue weighted by Crippen LogP contribution is 2.51. The number of carbonyl (C=O) groups excluding carboxylic acids is 2. The van der Waals surface area contributed by atoms with Crippen LogP contribution in [-0.4, -0.2) is 57.3 Å². The van der Waals surface area contributed by atoms with Gasteiger partial charge in [0.25, 0.3) is 5.91 Å². The number of amides is 1. The van der Waals surface area contributed by atoms with E-state index in [1.807, 2.05) is 12.1 Å². The highest BCUT2D eigenvalue weighted by atomic mass is 16.6. The van der Waals surface area contributed by atoms with Crippen LogP contribution in [0.2, 0.25) is 0 Å². The van der Waals surface area contributed by atoms with Crippen LogP contribution in [0.25, 0.3) is 0 Å². The maximum absolute atomic E-state index is 13.4. The standard InChI is InChI=1S/C25H29NO7/c1-15(24(27)26-12-5-6-13-26)32-25(28)21-17-8-7-9-19(30-3)23(17)33-22(21)16-10-11-18(29-2)20(14-16)31-4/h7-11,14-15,21-22H,5-6,12-13H2,1-4H3/t15-,21+,22-/m1/s1. The third-order valence-corrected chi connectivity index (χ3v) is 6.16. The average molecular weight is 456 g/mol. The second kappa shape index (κ2) is 9.60. The zero-order valence-corrected chi connectivity index (χ0v) is 19.3. The molecular weight excluding hydrogens is 426 g/mol. The van der Waals surface area contributed by atoms with Crippen molar-refractivity contribution in [3.63, 3.8) is 0 Å². The van der Waals surface area contributed by atoms with Gasteiger partial charge in [0.05, 0.1) is 21.3 Å². The van der Waals surface area contributed by atoms with E-state index in [0.29, 0.717) is 47.2 Å². The Labute approximate surface area is 193 Å². The molecule has 1 fully saturated rings. The molecule has 8 heteroatoms. The number of likely N-dealkylation sites (tertiary alicyclic amines) is 1. The van der Waals surface area contributed by atoms with Crippen LogP contribution in [0.5, 0.6) is 23.0 Å². The summed E-state index contributed by atoms with van der Waals surface area (Å²) in [4.78, 5) is 27.9. The molecule has 0 unspecified atom stereocenters. The lowest BCUT2D eigenvalue weighted by molar-refractivity contribution is -0.161. The lowest BCUT2D eigenvalue weighted by atomic mass is 9.90. The van der Waals surface area contributed by atoms with Crippen molar-refractivity contribution in [2.45, 2.75) is 37.9 Å². The number of hydrogen-bond acceptors (Lipinski definition) is 7. The fourth-order valence-electron chi connectivity index (χ4n) is 4.46. The van der Waals surface area contributed by atoms with Crippen molar-refractivity contribution in [1.29, 1.82) is 0 Å². The van der Waals surface area contributed by atoms with Crippen LogP contribution in [-0.2, 0) is 14.3 Å². The predicted octanol–water partition coefficient (Wildman–Crippen LogP) is 3.48. The van der Waals surface area contributed by atoms with Crippen LogP contribution >= 0.6 is 0 Å². The molecule has 0 aliphatic carbocycles. The van der Waals surface area contributed by atoms with Crippen molar-refractivity contribution in [3.05, 3.63) is 47.5 Å². The molecule has 2 aliphatic rings. The summed E-state index contributed by atoms with van der Waals surface area (Å²) in [7, 11) is 4.66. The Morgan fingerprint density at radius 3 is 2.33 bits per heavy atom. The Morgan fingerprint density at radius 1 is 0.970 bits per heavy atom. The number of methoxy groups -OCH3 is 3. The van der Waals surface area contributed by atoms with Crippen LogP contribution in [0.4, 0.5) is 0 Å². The number of rotatable bonds is 7.